The Bertz CT molecular complexity index is 416. The molecule has 0 amide bonds. The molecule has 1 atom stereocenters. The zero-order chi connectivity index (χ0) is 12.8. The zero-order valence-corrected chi connectivity index (χ0v) is 11.1. The lowest BCUT2D eigenvalue weighted by Crippen LogP contribution is -2.15. The van der Waals surface area contributed by atoms with Gasteiger partial charge in [-0.25, -0.2) is 0 Å². The molecule has 1 aromatic rings. The molecule has 0 aliphatic carbocycles. The fourth-order valence-electron chi connectivity index (χ4n) is 1.51. The molecule has 1 aromatic carbocycles. The number of allylic oxidation sites excluding steroid dienone is 1. The molecule has 0 saturated carbocycles. The molecule has 0 heterocycles. The second-order valence-corrected chi connectivity index (χ2v) is 4.32. The number of ether oxygens (including phenoxy) is 1. The Kier molecular flexibility index (Phi) is 5.52. The van der Waals surface area contributed by atoms with Crippen molar-refractivity contribution in [2.75, 3.05) is 6.61 Å². The fraction of sp³-hybridized carbons (Fsp3) is 0.308. The second-order valence-electron chi connectivity index (χ2n) is 3.50. The van der Waals surface area contributed by atoms with Crippen LogP contribution in [-0.4, -0.2) is 12.6 Å². The molecular weight excluding hydrogens is 259 g/mol. The third-order valence-electron chi connectivity index (χ3n) is 2.32. The normalized spacial score (nSPS) is 11.9. The van der Waals surface area contributed by atoms with Gasteiger partial charge in [0.1, 0.15) is 0 Å². The van der Waals surface area contributed by atoms with Crippen LogP contribution in [0.1, 0.15) is 24.8 Å². The largest absolute Gasteiger partial charge is 0.466 e. The Morgan fingerprint density at radius 3 is 2.71 bits per heavy atom. The molecule has 0 aliphatic rings. The molecule has 0 bridgehead atoms. The predicted octanol–water partition coefficient (Wildman–Crippen LogP) is 4.22. The molecule has 92 valence electrons. The third kappa shape index (κ3) is 3.76. The first kappa shape index (κ1) is 14.1. The molecule has 0 fully saturated rings. The van der Waals surface area contributed by atoms with E-state index in [4.69, 9.17) is 27.9 Å². The van der Waals surface area contributed by atoms with Crippen LogP contribution >= 0.6 is 23.2 Å². The maximum atomic E-state index is 11.8. The molecule has 0 radical (unpaired) electrons. The molecule has 17 heavy (non-hydrogen) atoms. The molecular formula is C13H14Cl2O2. The topological polar surface area (TPSA) is 26.3 Å². The number of benzene rings is 1. The van der Waals surface area contributed by atoms with Gasteiger partial charge in [0, 0.05) is 0 Å². The van der Waals surface area contributed by atoms with Gasteiger partial charge in [-0.05, 0) is 31.0 Å². The van der Waals surface area contributed by atoms with E-state index < -0.39 is 0 Å². The smallest absolute Gasteiger partial charge is 0.313 e. The van der Waals surface area contributed by atoms with Crippen LogP contribution in [0.3, 0.4) is 0 Å². The number of carbonyl (C=O) groups is 1. The quantitative estimate of drug-likeness (QED) is 0.593. The van der Waals surface area contributed by atoms with Crippen molar-refractivity contribution in [3.05, 3.63) is 46.5 Å². The molecule has 2 nitrogen and oxygen atoms in total. The zero-order valence-electron chi connectivity index (χ0n) is 9.58. The summed E-state index contributed by atoms with van der Waals surface area (Å²) in [5, 5.41) is 0.902. The molecule has 1 rings (SSSR count). The van der Waals surface area contributed by atoms with E-state index in [1.165, 1.54) is 0 Å². The van der Waals surface area contributed by atoms with Crippen molar-refractivity contribution >= 4 is 29.2 Å². The molecule has 1 unspecified atom stereocenters. The van der Waals surface area contributed by atoms with E-state index in [2.05, 4.69) is 6.58 Å². The standard InChI is InChI=1S/C13H14Cl2O2/c1-3-5-10(13(16)17-4-2)9-6-7-11(14)12(15)8-9/h3,6-8,10H,1,4-5H2,2H3. The van der Waals surface area contributed by atoms with Gasteiger partial charge < -0.3 is 4.74 Å². The Balaban J connectivity index is 3.00. The van der Waals surface area contributed by atoms with Crippen LogP contribution in [0.25, 0.3) is 0 Å². The van der Waals surface area contributed by atoms with Crippen molar-refractivity contribution in [3.8, 4) is 0 Å². The highest BCUT2D eigenvalue weighted by Crippen LogP contribution is 2.29. The summed E-state index contributed by atoms with van der Waals surface area (Å²) in [5.41, 5.74) is 0.790. The summed E-state index contributed by atoms with van der Waals surface area (Å²) in [6.45, 7) is 5.77. The lowest BCUT2D eigenvalue weighted by Gasteiger charge is -2.14. The van der Waals surface area contributed by atoms with Gasteiger partial charge in [0.05, 0.1) is 22.6 Å². The van der Waals surface area contributed by atoms with Gasteiger partial charge in [-0.2, -0.15) is 0 Å². The molecule has 0 spiro atoms. The van der Waals surface area contributed by atoms with E-state index in [1.54, 1.807) is 31.2 Å². The second kappa shape index (κ2) is 6.67. The first-order valence-electron chi connectivity index (χ1n) is 5.32. The maximum absolute atomic E-state index is 11.8. The fourth-order valence-corrected chi connectivity index (χ4v) is 1.81. The minimum Gasteiger partial charge on any atom is -0.466 e. The van der Waals surface area contributed by atoms with Crippen LogP contribution in [0.2, 0.25) is 10.0 Å². The number of rotatable bonds is 5. The van der Waals surface area contributed by atoms with Crippen LogP contribution in [0.5, 0.6) is 0 Å². The number of halogens is 2. The van der Waals surface area contributed by atoms with Crippen molar-refractivity contribution in [2.45, 2.75) is 19.3 Å². The summed E-state index contributed by atoms with van der Waals surface area (Å²) < 4.78 is 5.02. The van der Waals surface area contributed by atoms with E-state index in [1.807, 2.05) is 0 Å². The number of hydrogen-bond acceptors (Lipinski definition) is 2. The minimum absolute atomic E-state index is 0.272. The van der Waals surface area contributed by atoms with Crippen LogP contribution in [0, 0.1) is 0 Å². The number of hydrogen-bond donors (Lipinski definition) is 0. The summed E-state index contributed by atoms with van der Waals surface area (Å²) in [6.07, 6.45) is 2.20. The number of esters is 1. The van der Waals surface area contributed by atoms with E-state index in [0.717, 1.165) is 5.56 Å². The molecule has 0 aromatic heterocycles. The van der Waals surface area contributed by atoms with Gasteiger partial charge in [-0.3, -0.25) is 4.79 Å². The monoisotopic (exact) mass is 272 g/mol. The van der Waals surface area contributed by atoms with Gasteiger partial charge in [0.15, 0.2) is 0 Å². The third-order valence-corrected chi connectivity index (χ3v) is 3.06. The summed E-state index contributed by atoms with van der Waals surface area (Å²) in [5.74, 6) is -0.645. The van der Waals surface area contributed by atoms with Crippen LogP contribution in [-0.2, 0) is 9.53 Å². The van der Waals surface area contributed by atoms with Gasteiger partial charge in [-0.15, -0.1) is 6.58 Å². The van der Waals surface area contributed by atoms with E-state index in [9.17, 15) is 4.79 Å². The maximum Gasteiger partial charge on any atom is 0.313 e. The van der Waals surface area contributed by atoms with Crippen LogP contribution in [0.4, 0.5) is 0 Å². The molecule has 0 N–H and O–H groups in total. The molecule has 4 heteroatoms. The van der Waals surface area contributed by atoms with E-state index >= 15 is 0 Å². The Morgan fingerprint density at radius 2 is 2.18 bits per heavy atom. The van der Waals surface area contributed by atoms with Crippen molar-refractivity contribution in [1.82, 2.24) is 0 Å². The number of carbonyl (C=O) groups excluding carboxylic acids is 1. The Hall–Kier alpha value is -0.990. The lowest BCUT2D eigenvalue weighted by molar-refractivity contribution is -0.144. The van der Waals surface area contributed by atoms with Gasteiger partial charge in [0.2, 0.25) is 0 Å². The first-order chi connectivity index (χ1) is 8.10. The minimum atomic E-state index is -0.373. The summed E-state index contributed by atoms with van der Waals surface area (Å²) in [4.78, 5) is 11.8. The summed E-state index contributed by atoms with van der Waals surface area (Å²) in [7, 11) is 0. The summed E-state index contributed by atoms with van der Waals surface area (Å²) >= 11 is 11.8. The summed E-state index contributed by atoms with van der Waals surface area (Å²) in [6, 6.07) is 5.14. The SMILES string of the molecule is C=CCC(C(=O)OCC)c1ccc(Cl)c(Cl)c1. The molecule has 0 saturated heterocycles. The van der Waals surface area contributed by atoms with Crippen molar-refractivity contribution in [2.24, 2.45) is 0 Å². The highest BCUT2D eigenvalue weighted by molar-refractivity contribution is 6.42. The highest BCUT2D eigenvalue weighted by atomic mass is 35.5. The van der Waals surface area contributed by atoms with Gasteiger partial charge in [0.25, 0.3) is 0 Å². The van der Waals surface area contributed by atoms with E-state index in [0.29, 0.717) is 23.1 Å². The Morgan fingerprint density at radius 1 is 1.47 bits per heavy atom. The van der Waals surface area contributed by atoms with Gasteiger partial charge >= 0.3 is 5.97 Å². The van der Waals surface area contributed by atoms with Crippen molar-refractivity contribution in [1.29, 1.82) is 0 Å². The van der Waals surface area contributed by atoms with Crippen LogP contribution in [0.15, 0.2) is 30.9 Å². The average molecular weight is 273 g/mol. The van der Waals surface area contributed by atoms with E-state index in [-0.39, 0.29) is 11.9 Å². The highest BCUT2D eigenvalue weighted by Gasteiger charge is 2.21. The van der Waals surface area contributed by atoms with Crippen molar-refractivity contribution < 1.29 is 9.53 Å². The Labute approximate surface area is 111 Å². The van der Waals surface area contributed by atoms with Crippen molar-refractivity contribution in [3.63, 3.8) is 0 Å². The average Bonchev–Trinajstić information content (AvgIpc) is 2.30. The van der Waals surface area contributed by atoms with Gasteiger partial charge in [-0.1, -0.05) is 35.3 Å². The lowest BCUT2D eigenvalue weighted by atomic mass is 9.96. The van der Waals surface area contributed by atoms with Crippen LogP contribution < -0.4 is 0 Å². The molecule has 0 aliphatic heterocycles. The predicted molar refractivity (Wildman–Crippen MR) is 70.7 cm³/mol. The first-order valence-corrected chi connectivity index (χ1v) is 6.08.